The third-order valence-corrected chi connectivity index (χ3v) is 4.38. The molecular formula is C21H25NO4. The molecule has 0 aromatic heterocycles. The fourth-order valence-corrected chi connectivity index (χ4v) is 3.04. The maximum absolute atomic E-state index is 12.0. The molecule has 26 heavy (non-hydrogen) atoms. The number of hydrogen-bond acceptors (Lipinski definition) is 4. The summed E-state index contributed by atoms with van der Waals surface area (Å²) in [6.07, 6.45) is 5.08. The lowest BCUT2D eigenvalue weighted by Crippen LogP contribution is -2.18. The quantitative estimate of drug-likeness (QED) is 0.772. The summed E-state index contributed by atoms with van der Waals surface area (Å²) in [7, 11) is 1.62. The number of benzene rings is 2. The summed E-state index contributed by atoms with van der Waals surface area (Å²) >= 11 is 0. The Bertz CT molecular complexity index is 708. The van der Waals surface area contributed by atoms with Crippen LogP contribution in [0.2, 0.25) is 0 Å². The second-order valence-electron chi connectivity index (χ2n) is 6.44. The molecule has 0 radical (unpaired) electrons. The molecule has 1 saturated carbocycles. The molecule has 0 aliphatic heterocycles. The minimum atomic E-state index is -0.183. The first-order chi connectivity index (χ1) is 12.7. The molecule has 1 aliphatic carbocycles. The maximum atomic E-state index is 12.0. The van der Waals surface area contributed by atoms with Crippen molar-refractivity contribution < 1.29 is 19.0 Å². The van der Waals surface area contributed by atoms with Crippen LogP contribution in [0.25, 0.3) is 0 Å². The summed E-state index contributed by atoms with van der Waals surface area (Å²) in [5.74, 6) is 1.44. The van der Waals surface area contributed by atoms with Gasteiger partial charge in [-0.15, -0.1) is 0 Å². The Balaban J connectivity index is 1.41. The number of carbonyl (C=O) groups excluding carboxylic acids is 1. The molecule has 0 saturated heterocycles. The molecular weight excluding hydrogens is 330 g/mol. The van der Waals surface area contributed by atoms with Gasteiger partial charge in [-0.25, -0.2) is 0 Å². The number of nitrogens with one attached hydrogen (secondary N) is 1. The van der Waals surface area contributed by atoms with Gasteiger partial charge in [-0.05, 0) is 67.6 Å². The zero-order valence-electron chi connectivity index (χ0n) is 15.1. The van der Waals surface area contributed by atoms with E-state index in [-0.39, 0.29) is 12.5 Å². The molecule has 5 heteroatoms. The molecule has 1 aliphatic rings. The van der Waals surface area contributed by atoms with Gasteiger partial charge in [-0.1, -0.05) is 12.1 Å². The van der Waals surface area contributed by atoms with Crippen LogP contribution in [-0.2, 0) is 16.1 Å². The molecule has 0 atom stereocenters. The van der Waals surface area contributed by atoms with E-state index in [1.165, 1.54) is 12.8 Å². The SMILES string of the molecule is COc1cccc(COCC(=O)Nc2ccc(OC3CCCC3)cc2)c1. The number of carbonyl (C=O) groups is 1. The van der Waals surface area contributed by atoms with Gasteiger partial charge in [-0.3, -0.25) is 4.79 Å². The molecule has 5 nitrogen and oxygen atoms in total. The van der Waals surface area contributed by atoms with Crippen molar-refractivity contribution in [2.75, 3.05) is 19.0 Å². The molecule has 3 rings (SSSR count). The van der Waals surface area contributed by atoms with E-state index < -0.39 is 0 Å². The number of amides is 1. The summed E-state index contributed by atoms with van der Waals surface area (Å²) in [4.78, 5) is 12.0. The lowest BCUT2D eigenvalue weighted by molar-refractivity contribution is -0.121. The van der Waals surface area contributed by atoms with Crippen molar-refractivity contribution >= 4 is 11.6 Å². The van der Waals surface area contributed by atoms with Crippen molar-refractivity contribution in [2.24, 2.45) is 0 Å². The van der Waals surface area contributed by atoms with Gasteiger partial charge in [0.25, 0.3) is 0 Å². The topological polar surface area (TPSA) is 56.8 Å². The Labute approximate surface area is 154 Å². The van der Waals surface area contributed by atoms with Crippen molar-refractivity contribution in [2.45, 2.75) is 38.4 Å². The molecule has 1 N–H and O–H groups in total. The van der Waals surface area contributed by atoms with E-state index in [0.717, 1.165) is 35.6 Å². The highest BCUT2D eigenvalue weighted by molar-refractivity contribution is 5.91. The van der Waals surface area contributed by atoms with Crippen molar-refractivity contribution in [3.05, 3.63) is 54.1 Å². The zero-order valence-corrected chi connectivity index (χ0v) is 15.1. The maximum Gasteiger partial charge on any atom is 0.250 e. The molecule has 138 valence electrons. The lowest BCUT2D eigenvalue weighted by Gasteiger charge is -2.13. The Hall–Kier alpha value is -2.53. The first-order valence-electron chi connectivity index (χ1n) is 9.00. The minimum absolute atomic E-state index is 0.00245. The first-order valence-corrected chi connectivity index (χ1v) is 9.00. The van der Waals surface area contributed by atoms with Crippen LogP contribution in [-0.4, -0.2) is 25.7 Å². The van der Waals surface area contributed by atoms with Crippen molar-refractivity contribution in [1.29, 1.82) is 0 Å². The van der Waals surface area contributed by atoms with Crippen molar-refractivity contribution in [1.82, 2.24) is 0 Å². The van der Waals surface area contributed by atoms with Crippen LogP contribution >= 0.6 is 0 Å². The summed E-state index contributed by atoms with van der Waals surface area (Å²) in [5, 5.41) is 2.83. The van der Waals surface area contributed by atoms with Gasteiger partial charge in [0.2, 0.25) is 5.91 Å². The van der Waals surface area contributed by atoms with E-state index in [4.69, 9.17) is 14.2 Å². The van der Waals surface area contributed by atoms with Gasteiger partial charge in [0.15, 0.2) is 0 Å². The first kappa shape index (κ1) is 18.3. The fourth-order valence-electron chi connectivity index (χ4n) is 3.04. The Kier molecular flexibility index (Phi) is 6.50. The average Bonchev–Trinajstić information content (AvgIpc) is 3.16. The Morgan fingerprint density at radius 1 is 1.08 bits per heavy atom. The molecule has 2 aromatic rings. The van der Waals surface area contributed by atoms with Gasteiger partial charge >= 0.3 is 0 Å². The zero-order chi connectivity index (χ0) is 18.2. The van der Waals surface area contributed by atoms with Crippen molar-refractivity contribution in [3.8, 4) is 11.5 Å². The second kappa shape index (κ2) is 9.25. The number of methoxy groups -OCH3 is 1. The highest BCUT2D eigenvalue weighted by Gasteiger charge is 2.16. The van der Waals surface area contributed by atoms with E-state index in [9.17, 15) is 4.79 Å². The standard InChI is InChI=1S/C21H25NO4/c1-24-20-8-4-5-16(13-20)14-25-15-21(23)22-17-9-11-19(12-10-17)26-18-6-2-3-7-18/h4-5,8-13,18H,2-3,6-7,14-15H2,1H3,(H,22,23). The summed E-state index contributed by atoms with van der Waals surface area (Å²) in [5.41, 5.74) is 1.70. The number of anilines is 1. The molecule has 0 spiro atoms. The Morgan fingerprint density at radius 2 is 1.85 bits per heavy atom. The van der Waals surface area contributed by atoms with E-state index in [1.807, 2.05) is 48.5 Å². The minimum Gasteiger partial charge on any atom is -0.497 e. The van der Waals surface area contributed by atoms with Crippen LogP contribution in [0.15, 0.2) is 48.5 Å². The van der Waals surface area contributed by atoms with Crippen LogP contribution < -0.4 is 14.8 Å². The summed E-state index contributed by atoms with van der Waals surface area (Å²) in [6.45, 7) is 0.357. The van der Waals surface area contributed by atoms with Gasteiger partial charge in [0.05, 0.1) is 19.8 Å². The Morgan fingerprint density at radius 3 is 2.58 bits per heavy atom. The van der Waals surface area contributed by atoms with E-state index >= 15 is 0 Å². The summed E-state index contributed by atoms with van der Waals surface area (Å²) < 4.78 is 16.6. The van der Waals surface area contributed by atoms with Gasteiger partial charge in [0, 0.05) is 5.69 Å². The highest BCUT2D eigenvalue weighted by Crippen LogP contribution is 2.25. The average molecular weight is 355 g/mol. The number of hydrogen-bond donors (Lipinski definition) is 1. The predicted octanol–water partition coefficient (Wildman–Crippen LogP) is 4.17. The molecule has 0 heterocycles. The largest absolute Gasteiger partial charge is 0.497 e. The van der Waals surface area contributed by atoms with E-state index in [0.29, 0.717) is 12.7 Å². The monoisotopic (exact) mass is 355 g/mol. The highest BCUT2D eigenvalue weighted by atomic mass is 16.5. The molecule has 1 amide bonds. The van der Waals surface area contributed by atoms with Crippen molar-refractivity contribution in [3.63, 3.8) is 0 Å². The molecule has 0 bridgehead atoms. The lowest BCUT2D eigenvalue weighted by atomic mass is 10.2. The van der Waals surface area contributed by atoms with Crippen LogP contribution in [0.4, 0.5) is 5.69 Å². The number of rotatable bonds is 8. The predicted molar refractivity (Wildman–Crippen MR) is 101 cm³/mol. The third kappa shape index (κ3) is 5.49. The van der Waals surface area contributed by atoms with Crippen LogP contribution in [0.1, 0.15) is 31.2 Å². The van der Waals surface area contributed by atoms with Gasteiger partial charge in [0.1, 0.15) is 18.1 Å². The van der Waals surface area contributed by atoms with E-state index in [1.54, 1.807) is 7.11 Å². The second-order valence-corrected chi connectivity index (χ2v) is 6.44. The van der Waals surface area contributed by atoms with E-state index in [2.05, 4.69) is 5.32 Å². The normalized spacial score (nSPS) is 14.2. The van der Waals surface area contributed by atoms with Gasteiger partial charge in [-0.2, -0.15) is 0 Å². The number of ether oxygens (including phenoxy) is 3. The van der Waals surface area contributed by atoms with Crippen LogP contribution in [0.5, 0.6) is 11.5 Å². The van der Waals surface area contributed by atoms with Crippen LogP contribution in [0, 0.1) is 0 Å². The molecule has 1 fully saturated rings. The smallest absolute Gasteiger partial charge is 0.250 e. The molecule has 2 aromatic carbocycles. The molecule has 0 unspecified atom stereocenters. The fraction of sp³-hybridized carbons (Fsp3) is 0.381. The summed E-state index contributed by atoms with van der Waals surface area (Å²) in [6, 6.07) is 15.1. The van der Waals surface area contributed by atoms with Crippen LogP contribution in [0.3, 0.4) is 0 Å². The van der Waals surface area contributed by atoms with Gasteiger partial charge < -0.3 is 19.5 Å². The third-order valence-electron chi connectivity index (χ3n) is 4.38.